The zero-order chi connectivity index (χ0) is 14.6. The molecule has 0 fully saturated rings. The Morgan fingerprint density at radius 1 is 1.05 bits per heavy atom. The summed E-state index contributed by atoms with van der Waals surface area (Å²) in [5.74, 6) is -3.59. The first-order chi connectivity index (χ1) is 9.40. The summed E-state index contributed by atoms with van der Waals surface area (Å²) in [4.78, 5) is 24.9. The number of ketones is 2. The van der Waals surface area contributed by atoms with E-state index < -0.39 is 29.2 Å². The van der Waals surface area contributed by atoms with E-state index in [9.17, 15) is 24.9 Å². The highest BCUT2D eigenvalue weighted by Gasteiger charge is 2.45. The van der Waals surface area contributed by atoms with Crippen molar-refractivity contribution in [1.29, 1.82) is 0 Å². The van der Waals surface area contributed by atoms with Crippen LogP contribution in [-0.2, 0) is 0 Å². The molecule has 2 aliphatic rings. The van der Waals surface area contributed by atoms with Gasteiger partial charge in [0.1, 0.15) is 17.3 Å². The third-order valence-corrected chi connectivity index (χ3v) is 3.70. The van der Waals surface area contributed by atoms with Crippen LogP contribution in [0, 0.1) is 11.8 Å². The van der Waals surface area contributed by atoms with Crippen LogP contribution >= 0.6 is 0 Å². The van der Waals surface area contributed by atoms with E-state index in [0.29, 0.717) is 5.57 Å². The summed E-state index contributed by atoms with van der Waals surface area (Å²) in [7, 11) is 0. The van der Waals surface area contributed by atoms with Crippen molar-refractivity contribution >= 4 is 11.6 Å². The van der Waals surface area contributed by atoms with Gasteiger partial charge in [-0.25, -0.2) is 0 Å². The number of allylic oxidation sites excluding steroid dienone is 4. The van der Waals surface area contributed by atoms with E-state index in [4.69, 9.17) is 0 Å². The molecule has 5 heteroatoms. The standard InChI is InChI=1S/C15H12O5/c1-6-2-8-12(10(17)3-6)15(20)13-9(14(8)19)4-7(16)5-11(13)18/h2-5,8,12,16-18H,1H3. The highest BCUT2D eigenvalue weighted by molar-refractivity contribution is 6.19. The second kappa shape index (κ2) is 3.96. The van der Waals surface area contributed by atoms with Crippen LogP contribution in [0.3, 0.4) is 0 Å². The third kappa shape index (κ3) is 1.56. The van der Waals surface area contributed by atoms with Gasteiger partial charge in [-0.05, 0) is 19.1 Å². The van der Waals surface area contributed by atoms with Gasteiger partial charge in [-0.1, -0.05) is 11.6 Å². The van der Waals surface area contributed by atoms with Gasteiger partial charge < -0.3 is 15.3 Å². The number of fused-ring (bicyclic) bond motifs is 2. The normalized spacial score (nSPS) is 24.6. The molecule has 3 N–H and O–H groups in total. The number of hydrogen-bond acceptors (Lipinski definition) is 5. The van der Waals surface area contributed by atoms with E-state index in [1.807, 2.05) is 0 Å². The number of aliphatic hydroxyl groups is 1. The summed E-state index contributed by atoms with van der Waals surface area (Å²) in [6.45, 7) is 1.72. The SMILES string of the molecule is CC1=CC2C(=O)c3cc(O)cc(O)c3C(=O)C2C(O)=C1. The quantitative estimate of drug-likeness (QED) is 0.672. The average Bonchev–Trinajstić information content (AvgIpc) is 2.34. The number of carbonyl (C=O) groups excluding carboxylic acids is 2. The maximum atomic E-state index is 12.4. The van der Waals surface area contributed by atoms with Crippen molar-refractivity contribution in [2.45, 2.75) is 6.92 Å². The Labute approximate surface area is 114 Å². The Morgan fingerprint density at radius 3 is 2.45 bits per heavy atom. The maximum absolute atomic E-state index is 12.4. The van der Waals surface area contributed by atoms with Gasteiger partial charge in [0.25, 0.3) is 0 Å². The first-order valence-electron chi connectivity index (χ1n) is 6.13. The number of hydrogen-bond donors (Lipinski definition) is 3. The van der Waals surface area contributed by atoms with Gasteiger partial charge in [-0.15, -0.1) is 0 Å². The molecule has 0 spiro atoms. The first kappa shape index (κ1) is 12.5. The summed E-state index contributed by atoms with van der Waals surface area (Å²) < 4.78 is 0. The van der Waals surface area contributed by atoms with Crippen molar-refractivity contribution in [1.82, 2.24) is 0 Å². The van der Waals surface area contributed by atoms with Gasteiger partial charge in [0.2, 0.25) is 0 Å². The molecule has 2 aliphatic carbocycles. The van der Waals surface area contributed by atoms with E-state index in [0.717, 1.165) is 6.07 Å². The van der Waals surface area contributed by atoms with E-state index in [1.54, 1.807) is 13.0 Å². The van der Waals surface area contributed by atoms with Crippen LogP contribution in [-0.4, -0.2) is 26.9 Å². The molecule has 0 amide bonds. The van der Waals surface area contributed by atoms with E-state index in [-0.39, 0.29) is 22.6 Å². The highest BCUT2D eigenvalue weighted by atomic mass is 16.3. The van der Waals surface area contributed by atoms with Crippen molar-refractivity contribution in [3.05, 3.63) is 46.7 Å². The zero-order valence-corrected chi connectivity index (χ0v) is 10.6. The van der Waals surface area contributed by atoms with Crippen LogP contribution in [0.4, 0.5) is 0 Å². The number of aliphatic hydroxyl groups excluding tert-OH is 1. The smallest absolute Gasteiger partial charge is 0.178 e. The molecule has 0 saturated heterocycles. The van der Waals surface area contributed by atoms with Crippen LogP contribution in [0.5, 0.6) is 11.5 Å². The average molecular weight is 272 g/mol. The minimum absolute atomic E-state index is 0.00694. The van der Waals surface area contributed by atoms with Crippen molar-refractivity contribution in [2.24, 2.45) is 11.8 Å². The van der Waals surface area contributed by atoms with E-state index in [1.165, 1.54) is 12.1 Å². The Morgan fingerprint density at radius 2 is 1.75 bits per heavy atom. The van der Waals surface area contributed by atoms with Crippen molar-refractivity contribution in [2.75, 3.05) is 0 Å². The van der Waals surface area contributed by atoms with E-state index in [2.05, 4.69) is 0 Å². The molecule has 0 saturated carbocycles. The summed E-state index contributed by atoms with van der Waals surface area (Å²) in [5, 5.41) is 29.2. The van der Waals surface area contributed by atoms with Gasteiger partial charge >= 0.3 is 0 Å². The van der Waals surface area contributed by atoms with Crippen LogP contribution in [0.1, 0.15) is 27.6 Å². The molecule has 0 aromatic heterocycles. The summed E-state index contributed by atoms with van der Waals surface area (Å²) in [5.41, 5.74) is 0.548. The fourth-order valence-corrected chi connectivity index (χ4v) is 2.86. The van der Waals surface area contributed by atoms with Crippen molar-refractivity contribution < 1.29 is 24.9 Å². The summed E-state index contributed by atoms with van der Waals surface area (Å²) in [6.07, 6.45) is 3.06. The molecule has 0 radical (unpaired) electrons. The number of rotatable bonds is 0. The van der Waals surface area contributed by atoms with Gasteiger partial charge in [0.05, 0.1) is 17.4 Å². The lowest BCUT2D eigenvalue weighted by Gasteiger charge is -2.31. The van der Waals surface area contributed by atoms with Gasteiger partial charge in [0.15, 0.2) is 11.6 Å². The minimum atomic E-state index is -0.992. The molecule has 2 unspecified atom stereocenters. The lowest BCUT2D eigenvalue weighted by Crippen LogP contribution is -2.38. The molecule has 102 valence electrons. The summed E-state index contributed by atoms with van der Waals surface area (Å²) >= 11 is 0. The molecular formula is C15H12O5. The van der Waals surface area contributed by atoms with Gasteiger partial charge in [-0.3, -0.25) is 9.59 Å². The number of aromatic hydroxyl groups is 2. The van der Waals surface area contributed by atoms with Crippen molar-refractivity contribution in [3.63, 3.8) is 0 Å². The molecule has 3 rings (SSSR count). The first-order valence-corrected chi connectivity index (χ1v) is 6.13. The predicted octanol–water partition coefficient (Wildman–Crippen LogP) is 2.11. The Balaban J connectivity index is 2.27. The van der Waals surface area contributed by atoms with Gasteiger partial charge in [0, 0.05) is 11.6 Å². The predicted molar refractivity (Wildman–Crippen MR) is 69.9 cm³/mol. The molecule has 0 bridgehead atoms. The van der Waals surface area contributed by atoms with E-state index >= 15 is 0 Å². The molecule has 1 aromatic rings. The molecule has 20 heavy (non-hydrogen) atoms. The Hall–Kier alpha value is -2.56. The third-order valence-electron chi connectivity index (χ3n) is 3.70. The molecule has 2 atom stereocenters. The Bertz CT molecular complexity index is 711. The summed E-state index contributed by atoms with van der Waals surface area (Å²) in [6, 6.07) is 2.18. The molecular weight excluding hydrogens is 260 g/mol. The molecule has 0 heterocycles. The van der Waals surface area contributed by atoms with Crippen LogP contribution in [0.15, 0.2) is 35.6 Å². The van der Waals surface area contributed by atoms with Crippen LogP contribution in [0.2, 0.25) is 0 Å². The topological polar surface area (TPSA) is 94.8 Å². The number of carbonyl (C=O) groups is 2. The maximum Gasteiger partial charge on any atom is 0.178 e. The zero-order valence-electron chi connectivity index (χ0n) is 10.6. The molecule has 1 aromatic carbocycles. The second-order valence-corrected chi connectivity index (χ2v) is 5.10. The largest absolute Gasteiger partial charge is 0.511 e. The number of phenolic OH excluding ortho intramolecular Hbond substituents is 2. The number of Topliss-reactive ketones (excluding diaryl/α,β-unsaturated/α-hetero) is 2. The van der Waals surface area contributed by atoms with Crippen LogP contribution < -0.4 is 0 Å². The minimum Gasteiger partial charge on any atom is -0.511 e. The fourth-order valence-electron chi connectivity index (χ4n) is 2.86. The van der Waals surface area contributed by atoms with Gasteiger partial charge in [-0.2, -0.15) is 0 Å². The molecule has 5 nitrogen and oxygen atoms in total. The second-order valence-electron chi connectivity index (χ2n) is 5.10. The lowest BCUT2D eigenvalue weighted by atomic mass is 9.70. The van der Waals surface area contributed by atoms with Crippen molar-refractivity contribution in [3.8, 4) is 11.5 Å². The number of phenols is 2. The monoisotopic (exact) mass is 272 g/mol. The fraction of sp³-hybridized carbons (Fsp3) is 0.200. The Kier molecular flexibility index (Phi) is 2.47. The molecule has 0 aliphatic heterocycles. The van der Waals surface area contributed by atoms with Crippen LogP contribution in [0.25, 0.3) is 0 Å². The highest BCUT2D eigenvalue weighted by Crippen LogP contribution is 2.42. The lowest BCUT2D eigenvalue weighted by molar-refractivity contribution is 0.0754. The number of benzene rings is 1.